The predicted octanol–water partition coefficient (Wildman–Crippen LogP) is 4.71. The van der Waals surface area contributed by atoms with Crippen LogP contribution in [0.1, 0.15) is 24.1 Å². The van der Waals surface area contributed by atoms with Crippen molar-refractivity contribution in [1.29, 1.82) is 0 Å². The number of hydrogen-bond acceptors (Lipinski definition) is 4. The van der Waals surface area contributed by atoms with Gasteiger partial charge in [0.25, 0.3) is 0 Å². The summed E-state index contributed by atoms with van der Waals surface area (Å²) in [4.78, 5) is 19.8. The average Bonchev–Trinajstić information content (AvgIpc) is 2.51. The minimum Gasteiger partial charge on any atom is -0.368 e. The minimum absolute atomic E-state index is 0.0265. The number of nitrogens with zero attached hydrogens (tertiary/aromatic N) is 2. The van der Waals surface area contributed by atoms with Gasteiger partial charge >= 0.3 is 10.2 Å². The van der Waals surface area contributed by atoms with Crippen LogP contribution in [0, 0.1) is 0 Å². The van der Waals surface area contributed by atoms with E-state index in [1.54, 1.807) is 0 Å². The highest BCUT2D eigenvalue weighted by molar-refractivity contribution is 8.45. The van der Waals surface area contributed by atoms with Crippen LogP contribution in [0.4, 0.5) is 25.4 Å². The summed E-state index contributed by atoms with van der Waals surface area (Å²) < 4.78 is 65.3. The molecule has 0 saturated heterocycles. The van der Waals surface area contributed by atoms with E-state index in [-0.39, 0.29) is 22.7 Å². The Kier molecular flexibility index (Phi) is 3.44. The standard InChI is InChI=1S/C15H13F5N4OS/c1-8(9-3-2-4-10(5-9)26(16,17,18,19)20)14-11-7-22-13(25)6-12(11)23-15(21)24-14/h2-8H,1H3,(H,22,25)(H2,21,23,24). The summed E-state index contributed by atoms with van der Waals surface area (Å²) in [6, 6.07) is 4.10. The normalized spacial score (nSPS) is 16.1. The van der Waals surface area contributed by atoms with Crippen molar-refractivity contribution in [2.24, 2.45) is 0 Å². The van der Waals surface area contributed by atoms with E-state index in [0.717, 1.165) is 12.1 Å². The molecule has 2 heterocycles. The first kappa shape index (κ1) is 18.1. The predicted molar refractivity (Wildman–Crippen MR) is 89.9 cm³/mol. The topological polar surface area (TPSA) is 84.7 Å². The molecule has 0 aliphatic rings. The van der Waals surface area contributed by atoms with Gasteiger partial charge < -0.3 is 10.7 Å². The smallest absolute Gasteiger partial charge is 0.310 e. The fraction of sp³-hybridized carbons (Fsp3) is 0.133. The SMILES string of the molecule is CC(c1cccc(S(F)(F)(F)(F)F)c1)c1nc(N)nc2cc(=O)[nH]cc12. The fourth-order valence-electron chi connectivity index (χ4n) is 2.60. The number of aromatic nitrogens is 3. The Hall–Kier alpha value is -2.69. The van der Waals surface area contributed by atoms with Crippen molar-refractivity contribution in [2.75, 3.05) is 5.73 Å². The highest BCUT2D eigenvalue weighted by atomic mass is 32.5. The van der Waals surface area contributed by atoms with E-state index in [2.05, 4.69) is 15.0 Å². The third kappa shape index (κ3) is 3.47. The highest BCUT2D eigenvalue weighted by Gasteiger charge is 2.65. The van der Waals surface area contributed by atoms with Gasteiger partial charge in [-0.25, -0.2) is 9.97 Å². The number of hydrogen-bond donors (Lipinski definition) is 2. The van der Waals surface area contributed by atoms with E-state index in [1.807, 2.05) is 0 Å². The lowest BCUT2D eigenvalue weighted by molar-refractivity contribution is 0.364. The molecule has 0 spiro atoms. The van der Waals surface area contributed by atoms with Gasteiger partial charge in [0.15, 0.2) is 0 Å². The molecule has 0 aliphatic heterocycles. The number of aromatic amines is 1. The van der Waals surface area contributed by atoms with Crippen molar-refractivity contribution in [3.8, 4) is 0 Å². The Morgan fingerprint density at radius 2 is 1.81 bits per heavy atom. The molecule has 1 atom stereocenters. The number of halogens is 5. The number of nitrogens with one attached hydrogen (secondary N) is 1. The Morgan fingerprint density at radius 1 is 1.12 bits per heavy atom. The third-order valence-corrected chi connectivity index (χ3v) is 5.01. The van der Waals surface area contributed by atoms with Gasteiger partial charge in [0.2, 0.25) is 11.5 Å². The van der Waals surface area contributed by atoms with Crippen molar-refractivity contribution < 1.29 is 19.4 Å². The first-order chi connectivity index (χ1) is 11.7. The van der Waals surface area contributed by atoms with E-state index in [4.69, 9.17) is 5.73 Å². The van der Waals surface area contributed by atoms with Crippen LogP contribution in [-0.2, 0) is 0 Å². The van der Waals surface area contributed by atoms with Gasteiger partial charge in [-0.3, -0.25) is 4.79 Å². The maximum atomic E-state index is 13.1. The fourth-order valence-corrected chi connectivity index (χ4v) is 3.30. The summed E-state index contributed by atoms with van der Waals surface area (Å²) in [5, 5.41) is 0.351. The second kappa shape index (κ2) is 4.93. The second-order valence-corrected chi connectivity index (χ2v) is 8.24. The molecule has 26 heavy (non-hydrogen) atoms. The Balaban J connectivity index is 2.19. The number of rotatable bonds is 3. The Bertz CT molecular complexity index is 1080. The Morgan fingerprint density at radius 3 is 2.46 bits per heavy atom. The summed E-state index contributed by atoms with van der Waals surface area (Å²) >= 11 is 0. The molecule has 0 saturated carbocycles. The molecule has 140 valence electrons. The van der Waals surface area contributed by atoms with Gasteiger partial charge in [0.05, 0.1) is 11.2 Å². The molecule has 0 fully saturated rings. The van der Waals surface area contributed by atoms with Crippen LogP contribution >= 0.6 is 10.2 Å². The molecule has 3 N–H and O–H groups in total. The van der Waals surface area contributed by atoms with Crippen molar-refractivity contribution in [3.05, 3.63) is 58.1 Å². The molecule has 0 bridgehead atoms. The molecular formula is C15H13F5N4OS. The Labute approximate surface area is 143 Å². The molecule has 5 nitrogen and oxygen atoms in total. The number of H-pyrrole nitrogens is 1. The summed E-state index contributed by atoms with van der Waals surface area (Å²) in [6.07, 6.45) is 1.30. The minimum atomic E-state index is -9.80. The number of fused-ring (bicyclic) bond motifs is 1. The molecule has 2 aromatic heterocycles. The lowest BCUT2D eigenvalue weighted by Gasteiger charge is -2.40. The number of nitrogens with two attached hydrogens (primary N) is 1. The lowest BCUT2D eigenvalue weighted by Crippen LogP contribution is -2.10. The molecule has 0 aliphatic carbocycles. The first-order valence-electron chi connectivity index (χ1n) is 7.24. The van der Waals surface area contributed by atoms with Crippen LogP contribution in [0.25, 0.3) is 10.9 Å². The van der Waals surface area contributed by atoms with Gasteiger partial charge in [0.1, 0.15) is 4.90 Å². The summed E-state index contributed by atoms with van der Waals surface area (Å²) in [5.74, 6) is -0.998. The average molecular weight is 392 g/mol. The van der Waals surface area contributed by atoms with Crippen LogP contribution in [0.3, 0.4) is 0 Å². The summed E-state index contributed by atoms with van der Waals surface area (Å²) in [6.45, 7) is 1.50. The van der Waals surface area contributed by atoms with Crippen molar-refractivity contribution >= 4 is 27.1 Å². The lowest BCUT2D eigenvalue weighted by atomic mass is 9.95. The molecule has 1 unspecified atom stereocenters. The summed E-state index contributed by atoms with van der Waals surface area (Å²) in [7, 11) is -9.80. The largest absolute Gasteiger partial charge is 0.368 e. The zero-order valence-electron chi connectivity index (χ0n) is 13.2. The van der Waals surface area contributed by atoms with E-state index in [0.29, 0.717) is 17.5 Å². The van der Waals surface area contributed by atoms with Gasteiger partial charge in [-0.1, -0.05) is 38.5 Å². The van der Waals surface area contributed by atoms with Crippen LogP contribution in [-0.4, -0.2) is 15.0 Å². The zero-order valence-corrected chi connectivity index (χ0v) is 14.0. The van der Waals surface area contributed by atoms with Crippen LogP contribution in [0.15, 0.2) is 46.2 Å². The van der Waals surface area contributed by atoms with Crippen LogP contribution in [0.2, 0.25) is 0 Å². The highest BCUT2D eigenvalue weighted by Crippen LogP contribution is 3.02. The van der Waals surface area contributed by atoms with Gasteiger partial charge in [-0.15, -0.1) is 0 Å². The van der Waals surface area contributed by atoms with Crippen LogP contribution < -0.4 is 11.3 Å². The van der Waals surface area contributed by atoms with Gasteiger partial charge in [0, 0.05) is 23.6 Å². The monoisotopic (exact) mass is 392 g/mol. The van der Waals surface area contributed by atoms with Crippen LogP contribution in [0.5, 0.6) is 0 Å². The van der Waals surface area contributed by atoms with E-state index < -0.39 is 26.6 Å². The van der Waals surface area contributed by atoms with E-state index in [9.17, 15) is 24.2 Å². The maximum Gasteiger partial charge on any atom is 0.310 e. The van der Waals surface area contributed by atoms with E-state index >= 15 is 0 Å². The zero-order chi connectivity index (χ0) is 19.4. The molecule has 3 rings (SSSR count). The molecule has 0 radical (unpaired) electrons. The number of nitrogen functional groups attached to an aromatic ring is 1. The van der Waals surface area contributed by atoms with Crippen molar-refractivity contribution in [2.45, 2.75) is 17.7 Å². The van der Waals surface area contributed by atoms with Gasteiger partial charge in [-0.2, -0.15) is 0 Å². The molecular weight excluding hydrogens is 379 g/mol. The molecule has 11 heteroatoms. The van der Waals surface area contributed by atoms with Crippen molar-refractivity contribution in [3.63, 3.8) is 0 Å². The second-order valence-electron chi connectivity index (χ2n) is 5.83. The third-order valence-electron chi connectivity index (χ3n) is 3.86. The van der Waals surface area contributed by atoms with Gasteiger partial charge in [-0.05, 0) is 17.7 Å². The molecule has 3 aromatic rings. The molecule has 1 aromatic carbocycles. The van der Waals surface area contributed by atoms with Crippen molar-refractivity contribution in [1.82, 2.24) is 15.0 Å². The number of benzene rings is 1. The maximum absolute atomic E-state index is 13.1. The first-order valence-corrected chi connectivity index (χ1v) is 9.19. The number of pyridine rings is 1. The number of anilines is 1. The molecule has 0 amide bonds. The van der Waals surface area contributed by atoms with E-state index in [1.165, 1.54) is 19.2 Å². The quantitative estimate of drug-likeness (QED) is 0.632. The summed E-state index contributed by atoms with van der Waals surface area (Å²) in [5.41, 5.74) is 5.54.